The van der Waals surface area contributed by atoms with Gasteiger partial charge in [-0.05, 0) is 21.0 Å². The number of rotatable bonds is 5. The van der Waals surface area contributed by atoms with Gasteiger partial charge in [-0.25, -0.2) is 0 Å². The van der Waals surface area contributed by atoms with Crippen molar-refractivity contribution in [3.8, 4) is 5.75 Å². The fourth-order valence-corrected chi connectivity index (χ4v) is 2.67. The van der Waals surface area contributed by atoms with Crippen molar-refractivity contribution in [2.24, 2.45) is 0 Å². The molecule has 112 valence electrons. The topological polar surface area (TPSA) is 50.6 Å². The highest BCUT2D eigenvalue weighted by Crippen LogP contribution is 2.21. The van der Waals surface area contributed by atoms with E-state index in [0.717, 1.165) is 19.6 Å². The quantitative estimate of drug-likeness (QED) is 0.744. The van der Waals surface area contributed by atoms with E-state index in [9.17, 15) is 4.79 Å². The number of piperazine rings is 1. The third kappa shape index (κ3) is 3.02. The molecule has 0 N–H and O–H groups in total. The van der Waals surface area contributed by atoms with Crippen LogP contribution in [0, 0.1) is 0 Å². The molecular formula is C14H24N4O2. The van der Waals surface area contributed by atoms with Gasteiger partial charge in [0.1, 0.15) is 5.69 Å². The number of carbonyl (C=O) groups excluding carboxylic acids is 1. The van der Waals surface area contributed by atoms with E-state index in [1.807, 2.05) is 6.92 Å². The number of methoxy groups -OCH3 is 1. The lowest BCUT2D eigenvalue weighted by atomic mass is 10.0. The summed E-state index contributed by atoms with van der Waals surface area (Å²) < 4.78 is 6.97. The molecule has 0 radical (unpaired) electrons. The van der Waals surface area contributed by atoms with Gasteiger partial charge in [0.2, 0.25) is 0 Å². The Morgan fingerprint density at radius 3 is 2.85 bits per heavy atom. The highest BCUT2D eigenvalue weighted by Gasteiger charge is 2.27. The average Bonchev–Trinajstić information content (AvgIpc) is 2.85. The summed E-state index contributed by atoms with van der Waals surface area (Å²) in [6, 6.07) is 0.256. The standard InChI is InChI=1S/C14H24N4O2/c1-5-18-14(13(20-4)9-15-18)12(19)8-11-10-16(2)6-7-17(11)3/h9,11H,5-8,10H2,1-4H3. The Morgan fingerprint density at radius 1 is 1.45 bits per heavy atom. The summed E-state index contributed by atoms with van der Waals surface area (Å²) in [4.78, 5) is 17.1. The van der Waals surface area contributed by atoms with Gasteiger partial charge in [-0.3, -0.25) is 9.48 Å². The normalized spacial score (nSPS) is 21.1. The first-order chi connectivity index (χ1) is 9.56. The van der Waals surface area contributed by atoms with Crippen molar-refractivity contribution in [3.05, 3.63) is 11.9 Å². The number of aromatic nitrogens is 2. The molecule has 1 aromatic heterocycles. The summed E-state index contributed by atoms with van der Waals surface area (Å²) in [6.45, 7) is 5.62. The molecule has 1 saturated heterocycles. The summed E-state index contributed by atoms with van der Waals surface area (Å²) in [6.07, 6.45) is 2.12. The molecule has 1 unspecified atom stereocenters. The van der Waals surface area contributed by atoms with Gasteiger partial charge >= 0.3 is 0 Å². The molecular weight excluding hydrogens is 256 g/mol. The van der Waals surface area contributed by atoms with Crippen molar-refractivity contribution in [1.82, 2.24) is 19.6 Å². The van der Waals surface area contributed by atoms with Crippen LogP contribution in [0.5, 0.6) is 5.75 Å². The van der Waals surface area contributed by atoms with Crippen LogP contribution >= 0.6 is 0 Å². The lowest BCUT2D eigenvalue weighted by molar-refractivity contribution is 0.0799. The van der Waals surface area contributed by atoms with E-state index < -0.39 is 0 Å². The van der Waals surface area contributed by atoms with Crippen LogP contribution in [0.25, 0.3) is 0 Å². The number of carbonyl (C=O) groups is 1. The molecule has 1 aliphatic rings. The number of ketones is 1. The molecule has 0 saturated carbocycles. The largest absolute Gasteiger partial charge is 0.493 e. The van der Waals surface area contributed by atoms with Gasteiger partial charge in [0.15, 0.2) is 11.5 Å². The van der Waals surface area contributed by atoms with E-state index in [-0.39, 0.29) is 11.8 Å². The van der Waals surface area contributed by atoms with Crippen LogP contribution in [0.2, 0.25) is 0 Å². The second kappa shape index (κ2) is 6.37. The lowest BCUT2D eigenvalue weighted by Gasteiger charge is -2.37. The maximum absolute atomic E-state index is 12.6. The van der Waals surface area contributed by atoms with Gasteiger partial charge in [0.05, 0.1) is 13.3 Å². The molecule has 1 atom stereocenters. The van der Waals surface area contributed by atoms with Crippen molar-refractivity contribution in [2.45, 2.75) is 25.9 Å². The zero-order valence-electron chi connectivity index (χ0n) is 12.8. The van der Waals surface area contributed by atoms with E-state index in [4.69, 9.17) is 4.74 Å². The number of aryl methyl sites for hydroxylation is 1. The van der Waals surface area contributed by atoms with Crippen molar-refractivity contribution >= 4 is 5.78 Å². The van der Waals surface area contributed by atoms with E-state index in [1.54, 1.807) is 18.0 Å². The molecule has 0 bridgehead atoms. The lowest BCUT2D eigenvalue weighted by Crippen LogP contribution is -2.50. The summed E-state index contributed by atoms with van der Waals surface area (Å²) in [5, 5.41) is 4.20. The fourth-order valence-electron chi connectivity index (χ4n) is 2.67. The molecule has 2 rings (SSSR count). The number of Topliss-reactive ketones (excluding diaryl/α,β-unsaturated/α-hetero) is 1. The van der Waals surface area contributed by atoms with E-state index >= 15 is 0 Å². The van der Waals surface area contributed by atoms with Gasteiger partial charge < -0.3 is 14.5 Å². The van der Waals surface area contributed by atoms with Gasteiger partial charge in [0, 0.05) is 38.6 Å². The molecule has 6 nitrogen and oxygen atoms in total. The molecule has 1 fully saturated rings. The van der Waals surface area contributed by atoms with E-state index in [1.165, 1.54) is 0 Å². The predicted molar refractivity (Wildman–Crippen MR) is 77.3 cm³/mol. The molecule has 1 aromatic rings. The second-order valence-electron chi connectivity index (χ2n) is 5.40. The van der Waals surface area contributed by atoms with Crippen LogP contribution in [0.15, 0.2) is 6.20 Å². The Kier molecular flexibility index (Phi) is 4.77. The SMILES string of the molecule is CCn1ncc(OC)c1C(=O)CC1CN(C)CCN1C. The maximum Gasteiger partial charge on any atom is 0.186 e. The van der Waals surface area contributed by atoms with Gasteiger partial charge in [-0.15, -0.1) is 0 Å². The number of hydrogen-bond donors (Lipinski definition) is 0. The summed E-state index contributed by atoms with van der Waals surface area (Å²) >= 11 is 0. The smallest absolute Gasteiger partial charge is 0.186 e. The molecule has 0 aromatic carbocycles. The number of nitrogens with zero attached hydrogens (tertiary/aromatic N) is 4. The minimum absolute atomic E-state index is 0.105. The van der Waals surface area contributed by atoms with Crippen LogP contribution in [-0.4, -0.2) is 72.2 Å². The van der Waals surface area contributed by atoms with E-state index in [0.29, 0.717) is 24.4 Å². The number of likely N-dealkylation sites (N-methyl/N-ethyl adjacent to an activating group) is 2. The molecule has 1 aliphatic heterocycles. The van der Waals surface area contributed by atoms with Crippen LogP contribution in [0.4, 0.5) is 0 Å². The summed E-state index contributed by atoms with van der Waals surface area (Å²) in [5.41, 5.74) is 0.594. The van der Waals surface area contributed by atoms with Crippen molar-refractivity contribution < 1.29 is 9.53 Å². The van der Waals surface area contributed by atoms with Gasteiger partial charge in [-0.1, -0.05) is 0 Å². The first kappa shape index (κ1) is 15.0. The number of hydrogen-bond acceptors (Lipinski definition) is 5. The maximum atomic E-state index is 12.6. The van der Waals surface area contributed by atoms with Crippen LogP contribution < -0.4 is 4.74 Å². The monoisotopic (exact) mass is 280 g/mol. The minimum atomic E-state index is 0.105. The first-order valence-corrected chi connectivity index (χ1v) is 7.08. The average molecular weight is 280 g/mol. The van der Waals surface area contributed by atoms with Crippen LogP contribution in [0.3, 0.4) is 0 Å². The van der Waals surface area contributed by atoms with E-state index in [2.05, 4.69) is 29.0 Å². The Bertz CT molecular complexity index is 450. The minimum Gasteiger partial charge on any atom is -0.493 e. The first-order valence-electron chi connectivity index (χ1n) is 7.08. The van der Waals surface area contributed by atoms with Crippen LogP contribution in [-0.2, 0) is 6.54 Å². The van der Waals surface area contributed by atoms with Gasteiger partial charge in [-0.2, -0.15) is 5.10 Å². The molecule has 0 aliphatic carbocycles. The third-order valence-corrected chi connectivity index (χ3v) is 3.99. The zero-order valence-corrected chi connectivity index (χ0v) is 12.8. The molecule has 20 heavy (non-hydrogen) atoms. The van der Waals surface area contributed by atoms with Crippen molar-refractivity contribution in [3.63, 3.8) is 0 Å². The Labute approximate surface area is 120 Å². The summed E-state index contributed by atoms with van der Waals surface area (Å²) in [5.74, 6) is 0.678. The molecule has 0 spiro atoms. The highest BCUT2D eigenvalue weighted by atomic mass is 16.5. The second-order valence-corrected chi connectivity index (χ2v) is 5.40. The number of ether oxygens (including phenoxy) is 1. The third-order valence-electron chi connectivity index (χ3n) is 3.99. The Balaban J connectivity index is 2.13. The summed E-state index contributed by atoms with van der Waals surface area (Å²) in [7, 11) is 5.76. The zero-order chi connectivity index (χ0) is 14.7. The predicted octanol–water partition coefficient (Wildman–Crippen LogP) is 0.730. The van der Waals surface area contributed by atoms with Gasteiger partial charge in [0.25, 0.3) is 0 Å². The van der Waals surface area contributed by atoms with Crippen molar-refractivity contribution in [1.29, 1.82) is 0 Å². The Morgan fingerprint density at radius 2 is 2.20 bits per heavy atom. The van der Waals surface area contributed by atoms with Crippen molar-refractivity contribution in [2.75, 3.05) is 40.8 Å². The highest BCUT2D eigenvalue weighted by molar-refractivity contribution is 5.97. The Hall–Kier alpha value is -1.40. The molecule has 6 heteroatoms. The fraction of sp³-hybridized carbons (Fsp3) is 0.714. The van der Waals surface area contributed by atoms with Crippen LogP contribution in [0.1, 0.15) is 23.8 Å². The molecule has 2 heterocycles. The molecule has 0 amide bonds.